The number of hydrogen-bond acceptors (Lipinski definition) is 5. The van der Waals surface area contributed by atoms with Crippen LogP contribution in [-0.4, -0.2) is 54.7 Å². The van der Waals surface area contributed by atoms with Gasteiger partial charge in [0.2, 0.25) is 5.91 Å². The smallest absolute Gasteiger partial charge is 0.265 e. The lowest BCUT2D eigenvalue weighted by atomic mass is 9.65. The van der Waals surface area contributed by atoms with Crippen molar-refractivity contribution < 1.29 is 14.3 Å². The van der Waals surface area contributed by atoms with Gasteiger partial charge < -0.3 is 20.3 Å². The first-order chi connectivity index (χ1) is 13.8. The van der Waals surface area contributed by atoms with Gasteiger partial charge in [0.1, 0.15) is 11.5 Å². The number of nitrogens with one attached hydrogen (secondary N) is 3. The fraction of sp³-hybridized carbons (Fsp3) is 0.591. The molecule has 1 saturated heterocycles. The summed E-state index contributed by atoms with van der Waals surface area (Å²) in [5, 5.41) is 14.3. The number of fused-ring (bicyclic) bond motifs is 1. The first-order valence-corrected chi connectivity index (χ1v) is 10.4. The van der Waals surface area contributed by atoms with Gasteiger partial charge in [-0.3, -0.25) is 15.0 Å². The summed E-state index contributed by atoms with van der Waals surface area (Å²) in [5.74, 6) is 0.789. The fourth-order valence-electron chi connectivity index (χ4n) is 4.54. The van der Waals surface area contributed by atoms with Crippen LogP contribution < -0.4 is 10.6 Å². The summed E-state index contributed by atoms with van der Waals surface area (Å²) in [6.07, 6.45) is 8.22. The lowest BCUT2D eigenvalue weighted by Gasteiger charge is -2.36. The van der Waals surface area contributed by atoms with E-state index in [9.17, 15) is 9.59 Å². The minimum absolute atomic E-state index is 0.0265. The van der Waals surface area contributed by atoms with Gasteiger partial charge in [0.15, 0.2) is 0 Å². The summed E-state index contributed by atoms with van der Waals surface area (Å²) in [6, 6.07) is -0.131. The van der Waals surface area contributed by atoms with E-state index in [1.54, 1.807) is 4.90 Å². The van der Waals surface area contributed by atoms with E-state index in [-0.39, 0.29) is 23.7 Å². The molecule has 7 nitrogen and oxygen atoms in total. The van der Waals surface area contributed by atoms with Crippen molar-refractivity contribution in [3.8, 4) is 0 Å². The zero-order valence-corrected chi connectivity index (χ0v) is 17.5. The average Bonchev–Trinajstić information content (AvgIpc) is 3.46. The van der Waals surface area contributed by atoms with Gasteiger partial charge in [0, 0.05) is 19.3 Å². The number of likely N-dealkylation sites (tertiary alicyclic amines) is 1. The monoisotopic (exact) mass is 398 g/mol. The molecule has 0 spiro atoms. The molecule has 0 radical (unpaired) electrons. The molecule has 0 aromatic carbocycles. The molecule has 2 aliphatic heterocycles. The van der Waals surface area contributed by atoms with Crippen molar-refractivity contribution in [2.24, 2.45) is 17.3 Å². The van der Waals surface area contributed by atoms with Crippen LogP contribution in [0.15, 0.2) is 35.3 Å². The average molecular weight is 399 g/mol. The Morgan fingerprint density at radius 3 is 2.76 bits per heavy atom. The SMILES string of the molecule is CNC(=O)C(=N)[C@]12C=CC1C(=O)N(C(C)C1=CC(C)=C(OCC3CC3)C(C)N1)C2. The van der Waals surface area contributed by atoms with Crippen molar-refractivity contribution in [2.75, 3.05) is 20.2 Å². The summed E-state index contributed by atoms with van der Waals surface area (Å²) in [7, 11) is 1.51. The van der Waals surface area contributed by atoms with Gasteiger partial charge in [-0.1, -0.05) is 12.2 Å². The molecule has 2 fully saturated rings. The number of hydrogen-bond donors (Lipinski definition) is 3. The molecule has 1 saturated carbocycles. The van der Waals surface area contributed by atoms with Gasteiger partial charge in [-0.05, 0) is 51.2 Å². The Hall–Kier alpha value is -2.57. The quantitative estimate of drug-likeness (QED) is 0.450. The van der Waals surface area contributed by atoms with Gasteiger partial charge in [-0.25, -0.2) is 0 Å². The van der Waals surface area contributed by atoms with Crippen LogP contribution in [0.4, 0.5) is 0 Å². The Kier molecular flexibility index (Phi) is 4.79. The van der Waals surface area contributed by atoms with Crippen molar-refractivity contribution in [3.05, 3.63) is 35.3 Å². The van der Waals surface area contributed by atoms with E-state index >= 15 is 0 Å². The van der Waals surface area contributed by atoms with Crippen LogP contribution >= 0.6 is 0 Å². The summed E-state index contributed by atoms with van der Waals surface area (Å²) < 4.78 is 6.05. The van der Waals surface area contributed by atoms with Crippen LogP contribution in [-0.2, 0) is 14.3 Å². The van der Waals surface area contributed by atoms with E-state index in [1.807, 2.05) is 26.0 Å². The van der Waals surface area contributed by atoms with Gasteiger partial charge in [-0.2, -0.15) is 0 Å². The highest BCUT2D eigenvalue weighted by Crippen LogP contribution is 2.48. The van der Waals surface area contributed by atoms with Crippen molar-refractivity contribution in [2.45, 2.75) is 45.7 Å². The normalized spacial score (nSPS) is 31.5. The molecule has 7 heteroatoms. The number of dihydropyridines is 1. The highest BCUT2D eigenvalue weighted by atomic mass is 16.5. The highest BCUT2D eigenvalue weighted by Gasteiger charge is 2.59. The molecule has 0 aromatic rings. The molecule has 4 rings (SSSR count). The van der Waals surface area contributed by atoms with E-state index in [2.05, 4.69) is 23.6 Å². The van der Waals surface area contributed by atoms with Crippen LogP contribution in [0.5, 0.6) is 0 Å². The maximum Gasteiger partial charge on any atom is 0.265 e. The van der Waals surface area contributed by atoms with Gasteiger partial charge in [-0.15, -0.1) is 0 Å². The minimum atomic E-state index is -0.810. The molecule has 0 aromatic heterocycles. The Morgan fingerprint density at radius 1 is 1.48 bits per heavy atom. The van der Waals surface area contributed by atoms with E-state index in [4.69, 9.17) is 10.1 Å². The molecule has 4 atom stereocenters. The summed E-state index contributed by atoms with van der Waals surface area (Å²) in [4.78, 5) is 26.9. The third kappa shape index (κ3) is 3.16. The van der Waals surface area contributed by atoms with E-state index < -0.39 is 17.2 Å². The molecule has 29 heavy (non-hydrogen) atoms. The predicted molar refractivity (Wildman–Crippen MR) is 110 cm³/mol. The highest BCUT2D eigenvalue weighted by molar-refractivity contribution is 6.41. The molecule has 0 bridgehead atoms. The molecule has 2 aliphatic carbocycles. The van der Waals surface area contributed by atoms with Crippen molar-refractivity contribution in [1.29, 1.82) is 5.41 Å². The first-order valence-electron chi connectivity index (χ1n) is 10.4. The van der Waals surface area contributed by atoms with Crippen molar-refractivity contribution in [3.63, 3.8) is 0 Å². The fourth-order valence-corrected chi connectivity index (χ4v) is 4.54. The third-order valence-corrected chi connectivity index (χ3v) is 6.67. The molecule has 156 valence electrons. The zero-order chi connectivity index (χ0) is 20.9. The predicted octanol–water partition coefficient (Wildman–Crippen LogP) is 1.73. The number of allylic oxidation sites excluding steroid dienone is 2. The molecular weight excluding hydrogens is 368 g/mol. The van der Waals surface area contributed by atoms with Crippen LogP contribution in [0, 0.1) is 22.7 Å². The van der Waals surface area contributed by atoms with Gasteiger partial charge in [0.25, 0.3) is 5.91 Å². The Bertz CT molecular complexity index is 854. The Morgan fingerprint density at radius 2 is 2.21 bits per heavy atom. The van der Waals surface area contributed by atoms with Gasteiger partial charge >= 0.3 is 0 Å². The number of ether oxygens (including phenoxy) is 1. The van der Waals surface area contributed by atoms with Crippen LogP contribution in [0.1, 0.15) is 33.6 Å². The molecular formula is C22H30N4O3. The van der Waals surface area contributed by atoms with Gasteiger partial charge in [0.05, 0.1) is 30.0 Å². The van der Waals surface area contributed by atoms with Crippen molar-refractivity contribution in [1.82, 2.24) is 15.5 Å². The number of carbonyl (C=O) groups excluding carboxylic acids is 2. The zero-order valence-electron chi connectivity index (χ0n) is 17.5. The summed E-state index contributed by atoms with van der Waals surface area (Å²) >= 11 is 0. The number of amides is 2. The summed E-state index contributed by atoms with van der Waals surface area (Å²) in [6.45, 7) is 7.24. The maximum atomic E-state index is 13.0. The van der Waals surface area contributed by atoms with E-state index in [1.165, 1.54) is 19.9 Å². The Labute approximate surface area is 171 Å². The first kappa shape index (κ1) is 19.7. The second kappa shape index (κ2) is 7.04. The van der Waals surface area contributed by atoms with Crippen LogP contribution in [0.2, 0.25) is 0 Å². The maximum absolute atomic E-state index is 13.0. The third-order valence-electron chi connectivity index (χ3n) is 6.67. The second-order valence-corrected chi connectivity index (χ2v) is 8.74. The lowest BCUT2D eigenvalue weighted by Crippen LogP contribution is -2.48. The largest absolute Gasteiger partial charge is 0.495 e. The second-order valence-electron chi connectivity index (χ2n) is 8.74. The lowest BCUT2D eigenvalue weighted by molar-refractivity contribution is -0.131. The number of rotatable bonds is 7. The number of nitrogens with zero attached hydrogens (tertiary/aromatic N) is 1. The molecule has 4 aliphatic rings. The minimum Gasteiger partial charge on any atom is -0.495 e. The molecule has 2 amide bonds. The topological polar surface area (TPSA) is 94.5 Å². The molecule has 3 N–H and O–H groups in total. The molecule has 2 heterocycles. The van der Waals surface area contributed by atoms with E-state index in [0.717, 1.165) is 23.6 Å². The van der Waals surface area contributed by atoms with Crippen LogP contribution in [0.25, 0.3) is 0 Å². The van der Waals surface area contributed by atoms with E-state index in [0.29, 0.717) is 12.5 Å². The molecule has 3 unspecified atom stereocenters. The summed E-state index contributed by atoms with van der Waals surface area (Å²) in [5.41, 5.74) is 1.20. The number of carbonyl (C=O) groups is 2. The van der Waals surface area contributed by atoms with Crippen molar-refractivity contribution >= 4 is 17.5 Å². The van der Waals surface area contributed by atoms with Crippen LogP contribution in [0.3, 0.4) is 0 Å². The standard InChI is InChI=1S/C22H30N4O3/c1-12-9-17(25-13(2)18(12)29-10-15-5-6-15)14(3)26-11-22(19(23)20(27)24-4)8-7-16(22)21(26)28/h7-9,13-16,23,25H,5-6,10-11H2,1-4H3,(H,24,27)/t13?,14?,16?,22-/m0/s1. The Balaban J connectivity index is 1.52.